The number of ether oxygens (including phenoxy) is 1. The van der Waals surface area contributed by atoms with Gasteiger partial charge in [-0.05, 0) is 99.9 Å². The van der Waals surface area contributed by atoms with Crippen molar-refractivity contribution in [3.8, 4) is 5.75 Å². The molecule has 2 aromatic rings. The van der Waals surface area contributed by atoms with Crippen LogP contribution in [-0.2, 0) is 0 Å². The minimum atomic E-state index is 0.0831. The van der Waals surface area contributed by atoms with Crippen molar-refractivity contribution in [2.24, 2.45) is 22.4 Å². The van der Waals surface area contributed by atoms with E-state index < -0.39 is 0 Å². The second-order valence-corrected chi connectivity index (χ2v) is 10.4. The van der Waals surface area contributed by atoms with Crippen molar-refractivity contribution in [2.75, 3.05) is 47.9 Å². The van der Waals surface area contributed by atoms with E-state index in [1.807, 2.05) is 39.2 Å². The number of aliphatic imine (C=N–C) groups is 1. The van der Waals surface area contributed by atoms with Crippen LogP contribution in [0.4, 0.5) is 5.69 Å². The van der Waals surface area contributed by atoms with Gasteiger partial charge < -0.3 is 37.1 Å². The van der Waals surface area contributed by atoms with Crippen molar-refractivity contribution in [1.29, 1.82) is 0 Å². The Bertz CT molecular complexity index is 1140. The summed E-state index contributed by atoms with van der Waals surface area (Å²) in [6, 6.07) is 15.1. The number of nitrogens with two attached hydrogens (primary N) is 2. The third kappa shape index (κ3) is 11.4. The number of hydrogen-bond acceptors (Lipinski definition) is 8. The van der Waals surface area contributed by atoms with Crippen LogP contribution in [-0.4, -0.2) is 65.0 Å². The SMILES string of the molecule is CC.CCCCCOc1ccc(C=Nc2cc(C3NC4=C[C@H](CC)C(NCCNC)C=C4N3C)ccc2C)cc1.CN.CN. The lowest BCUT2D eigenvalue weighted by atomic mass is 9.90. The van der Waals surface area contributed by atoms with E-state index in [1.165, 1.54) is 43.9 Å². The lowest BCUT2D eigenvalue weighted by molar-refractivity contribution is 0.306. The number of aryl methyl sites for hydroxylation is 1. The fourth-order valence-corrected chi connectivity index (χ4v) is 5.12. The molecule has 8 nitrogen and oxygen atoms in total. The third-order valence-corrected chi connectivity index (χ3v) is 7.54. The molecule has 0 amide bonds. The van der Waals surface area contributed by atoms with Crippen molar-refractivity contribution in [3.05, 3.63) is 82.7 Å². The van der Waals surface area contributed by atoms with Crippen LogP contribution in [0, 0.1) is 12.8 Å². The Morgan fingerprint density at radius 3 is 2.32 bits per heavy atom. The summed E-state index contributed by atoms with van der Waals surface area (Å²) in [5, 5.41) is 10.7. The highest BCUT2D eigenvalue weighted by Gasteiger charge is 2.34. The van der Waals surface area contributed by atoms with E-state index in [-0.39, 0.29) is 6.17 Å². The average molecular weight is 608 g/mol. The van der Waals surface area contributed by atoms with Crippen molar-refractivity contribution in [1.82, 2.24) is 20.9 Å². The fourth-order valence-electron chi connectivity index (χ4n) is 5.12. The maximum atomic E-state index is 5.84. The standard InChI is InChI=1S/C32H45N5O.C2H6.2CH5N/c1-6-8-9-18-38-27-14-11-24(12-15-27)22-35-28-20-26(13-10-23(28)3)32-36-30-19-25(7-2)29(34-17-16-33-4)21-31(30)37(32)5;3*1-2/h10-15,19-22,25,29,32-34,36H,6-9,16-18H2,1-5H3;1-2H3;2*2H2,1H3/t25-,29?,32?;;;/m0.../s1. The molecule has 1 aliphatic carbocycles. The number of nitrogens with zero attached hydrogens (tertiary/aromatic N) is 2. The Labute approximate surface area is 268 Å². The summed E-state index contributed by atoms with van der Waals surface area (Å²) >= 11 is 0. The highest BCUT2D eigenvalue weighted by atomic mass is 16.5. The van der Waals surface area contributed by atoms with Crippen LogP contribution < -0.4 is 32.2 Å². The second-order valence-electron chi connectivity index (χ2n) is 10.4. The molecule has 3 atom stereocenters. The molecule has 2 aliphatic rings. The first kappa shape index (κ1) is 38.9. The van der Waals surface area contributed by atoms with Crippen LogP contribution in [0.15, 0.2) is 71.0 Å². The topological polar surface area (TPSA) is 113 Å². The Hall–Kier alpha value is -3.17. The number of rotatable bonds is 13. The van der Waals surface area contributed by atoms with Gasteiger partial charge in [0.05, 0.1) is 23.7 Å². The first-order chi connectivity index (χ1) is 21.5. The molecule has 1 heterocycles. The van der Waals surface area contributed by atoms with Crippen LogP contribution in [0.25, 0.3) is 0 Å². The van der Waals surface area contributed by atoms with E-state index in [0.29, 0.717) is 12.0 Å². The minimum absolute atomic E-state index is 0.0831. The summed E-state index contributed by atoms with van der Waals surface area (Å²) in [5.41, 5.74) is 15.9. The molecule has 4 rings (SSSR count). The molecule has 0 saturated carbocycles. The summed E-state index contributed by atoms with van der Waals surface area (Å²) in [5.74, 6) is 1.40. The monoisotopic (exact) mass is 607 g/mol. The number of nitrogens with one attached hydrogen (secondary N) is 3. The zero-order valence-electron chi connectivity index (χ0n) is 28.9. The largest absolute Gasteiger partial charge is 0.494 e. The number of likely N-dealkylation sites (N-methyl/N-ethyl adjacent to an activating group) is 2. The zero-order chi connectivity index (χ0) is 32.9. The van der Waals surface area contributed by atoms with E-state index in [1.54, 1.807) is 0 Å². The Morgan fingerprint density at radius 1 is 0.977 bits per heavy atom. The molecular formula is C36H61N7O. The second kappa shape index (κ2) is 22.4. The first-order valence-corrected chi connectivity index (χ1v) is 16.4. The van der Waals surface area contributed by atoms with Gasteiger partial charge >= 0.3 is 0 Å². The van der Waals surface area contributed by atoms with E-state index in [9.17, 15) is 0 Å². The van der Waals surface area contributed by atoms with Gasteiger partial charge in [0.2, 0.25) is 0 Å². The molecule has 2 aromatic carbocycles. The quantitative estimate of drug-likeness (QED) is 0.140. The van der Waals surface area contributed by atoms with Gasteiger partial charge in [-0.25, -0.2) is 0 Å². The first-order valence-electron chi connectivity index (χ1n) is 16.4. The van der Waals surface area contributed by atoms with E-state index in [4.69, 9.17) is 9.73 Å². The smallest absolute Gasteiger partial charge is 0.125 e. The molecular weight excluding hydrogens is 546 g/mol. The van der Waals surface area contributed by atoms with Crippen molar-refractivity contribution < 1.29 is 4.74 Å². The zero-order valence-corrected chi connectivity index (χ0v) is 28.9. The highest BCUT2D eigenvalue weighted by molar-refractivity contribution is 5.82. The van der Waals surface area contributed by atoms with Gasteiger partial charge in [0, 0.05) is 32.4 Å². The molecule has 0 radical (unpaired) electrons. The van der Waals surface area contributed by atoms with Gasteiger partial charge in [-0.2, -0.15) is 0 Å². The molecule has 246 valence electrons. The van der Waals surface area contributed by atoms with Crippen LogP contribution in [0.1, 0.15) is 76.2 Å². The van der Waals surface area contributed by atoms with Crippen LogP contribution in [0.3, 0.4) is 0 Å². The van der Waals surface area contributed by atoms with Crippen molar-refractivity contribution in [3.63, 3.8) is 0 Å². The Morgan fingerprint density at radius 2 is 1.68 bits per heavy atom. The van der Waals surface area contributed by atoms with Gasteiger partial charge in [0.25, 0.3) is 0 Å². The summed E-state index contributed by atoms with van der Waals surface area (Å²) in [6.45, 7) is 13.3. The minimum Gasteiger partial charge on any atom is -0.494 e. The molecule has 1 fully saturated rings. The molecule has 1 aliphatic heterocycles. The van der Waals surface area contributed by atoms with E-state index >= 15 is 0 Å². The summed E-state index contributed by atoms with van der Waals surface area (Å²) in [6.07, 6.45) is 11.5. The maximum absolute atomic E-state index is 5.84. The van der Waals surface area contributed by atoms with Crippen molar-refractivity contribution >= 4 is 11.9 Å². The molecule has 7 N–H and O–H groups in total. The fraction of sp³-hybridized carbons (Fsp3) is 0.528. The summed E-state index contributed by atoms with van der Waals surface area (Å²) in [7, 11) is 7.17. The molecule has 8 heteroatoms. The average Bonchev–Trinajstić information content (AvgIpc) is 3.40. The highest BCUT2D eigenvalue weighted by Crippen LogP contribution is 2.38. The van der Waals surface area contributed by atoms with Gasteiger partial charge in [-0.1, -0.05) is 58.7 Å². The van der Waals surface area contributed by atoms with Gasteiger partial charge in [-0.3, -0.25) is 4.99 Å². The van der Waals surface area contributed by atoms with E-state index in [0.717, 1.165) is 55.1 Å². The molecule has 44 heavy (non-hydrogen) atoms. The number of benzene rings is 2. The number of hydrogen-bond donors (Lipinski definition) is 5. The normalized spacial score (nSPS) is 18.3. The maximum Gasteiger partial charge on any atom is 0.125 e. The third-order valence-electron chi connectivity index (χ3n) is 7.54. The van der Waals surface area contributed by atoms with Gasteiger partial charge in [0.1, 0.15) is 11.9 Å². The molecule has 0 spiro atoms. The Kier molecular flexibility index (Phi) is 19.7. The Balaban J connectivity index is 0.00000152. The van der Waals surface area contributed by atoms with Gasteiger partial charge in [0.15, 0.2) is 0 Å². The van der Waals surface area contributed by atoms with Crippen LogP contribution in [0.5, 0.6) is 5.75 Å². The summed E-state index contributed by atoms with van der Waals surface area (Å²) in [4.78, 5) is 7.21. The molecule has 0 bridgehead atoms. The number of unbranched alkanes of at least 4 members (excludes halogenated alkanes) is 2. The van der Waals surface area contributed by atoms with Crippen LogP contribution >= 0.6 is 0 Å². The molecule has 0 aromatic heterocycles. The molecule has 1 saturated heterocycles. The predicted molar refractivity (Wildman–Crippen MR) is 191 cm³/mol. The van der Waals surface area contributed by atoms with E-state index in [2.05, 4.69) is 103 Å². The van der Waals surface area contributed by atoms with Crippen LogP contribution in [0.2, 0.25) is 0 Å². The molecule has 2 unspecified atom stereocenters. The van der Waals surface area contributed by atoms with Crippen molar-refractivity contribution in [2.45, 2.75) is 72.5 Å². The lowest BCUT2D eigenvalue weighted by Crippen LogP contribution is -2.39. The predicted octanol–water partition coefficient (Wildman–Crippen LogP) is 6.01. The van der Waals surface area contributed by atoms with Gasteiger partial charge in [-0.15, -0.1) is 0 Å². The lowest BCUT2D eigenvalue weighted by Gasteiger charge is -2.29. The number of fused-ring (bicyclic) bond motifs is 1. The summed E-state index contributed by atoms with van der Waals surface area (Å²) < 4.78 is 5.84.